The Labute approximate surface area is 183 Å². The Hall–Kier alpha value is -2.16. The van der Waals surface area contributed by atoms with E-state index < -0.39 is 0 Å². The zero-order chi connectivity index (χ0) is 19.4. The quantitative estimate of drug-likeness (QED) is 0.353. The molecule has 0 bridgehead atoms. The summed E-state index contributed by atoms with van der Waals surface area (Å²) in [7, 11) is 1.66. The van der Waals surface area contributed by atoms with Crippen LogP contribution >= 0.6 is 24.0 Å². The number of anilines is 1. The van der Waals surface area contributed by atoms with Crippen molar-refractivity contribution >= 4 is 35.6 Å². The average Bonchev–Trinajstić information content (AvgIpc) is 2.99. The normalized spacial score (nSPS) is 15.5. The summed E-state index contributed by atoms with van der Waals surface area (Å²) in [5.41, 5.74) is 9.00. The van der Waals surface area contributed by atoms with E-state index in [-0.39, 0.29) is 36.2 Å². The van der Waals surface area contributed by atoms with E-state index in [1.165, 1.54) is 5.56 Å². The van der Waals surface area contributed by atoms with Gasteiger partial charge >= 0.3 is 0 Å². The monoisotopic (exact) mass is 497 g/mol. The second-order valence-electron chi connectivity index (χ2n) is 6.92. The van der Waals surface area contributed by atoms with Crippen LogP contribution in [0.5, 0.6) is 17.2 Å². The molecule has 0 aliphatic carbocycles. The van der Waals surface area contributed by atoms with Crippen LogP contribution in [0, 0.1) is 0 Å². The fourth-order valence-electron chi connectivity index (χ4n) is 3.04. The number of nitrogens with zero attached hydrogens (tertiary/aromatic N) is 1. The first-order valence-electron chi connectivity index (χ1n) is 9.14. The van der Waals surface area contributed by atoms with Crippen LogP contribution < -0.4 is 25.3 Å². The zero-order valence-electron chi connectivity index (χ0n) is 16.7. The van der Waals surface area contributed by atoms with Crippen LogP contribution in [0.1, 0.15) is 31.9 Å². The molecular formula is C21H28IN3O3. The number of guanidine groups is 1. The van der Waals surface area contributed by atoms with Crippen LogP contribution in [-0.4, -0.2) is 25.3 Å². The third-order valence-electron chi connectivity index (χ3n) is 4.22. The van der Waals surface area contributed by atoms with Crippen molar-refractivity contribution in [2.75, 3.05) is 12.4 Å². The first-order chi connectivity index (χ1) is 12.9. The first kappa shape index (κ1) is 22.1. The molecule has 1 aliphatic heterocycles. The number of fused-ring (bicyclic) bond motifs is 1. The molecule has 2 aromatic rings. The highest BCUT2D eigenvalue weighted by Gasteiger charge is 2.21. The summed E-state index contributed by atoms with van der Waals surface area (Å²) in [5, 5.41) is 3.09. The van der Waals surface area contributed by atoms with Crippen molar-refractivity contribution in [1.29, 1.82) is 0 Å². The van der Waals surface area contributed by atoms with Crippen LogP contribution in [0.2, 0.25) is 0 Å². The number of aliphatic imine (C=N–C) groups is 1. The molecule has 6 nitrogen and oxygen atoms in total. The van der Waals surface area contributed by atoms with Gasteiger partial charge in [0.2, 0.25) is 0 Å². The smallest absolute Gasteiger partial charge is 0.193 e. The number of benzene rings is 2. The average molecular weight is 497 g/mol. The van der Waals surface area contributed by atoms with E-state index in [4.69, 9.17) is 19.9 Å². The minimum absolute atomic E-state index is 0. The molecular weight excluding hydrogens is 469 g/mol. The largest absolute Gasteiger partial charge is 0.496 e. The molecule has 0 spiro atoms. The number of nitrogens with one attached hydrogen (secondary N) is 1. The molecule has 0 aromatic heterocycles. The standard InChI is InChI=1S/C21H27N3O3.HI/c1-13(2)26-18-7-5-17(6-8-18)24-21(22)23-12-16-11-20-15(9-14(3)27-20)10-19(16)25-4;/h5-8,10-11,13-14H,9,12H2,1-4H3,(H3,22,23,24);1H. The molecule has 2 aromatic carbocycles. The minimum atomic E-state index is 0. The first-order valence-corrected chi connectivity index (χ1v) is 9.14. The van der Waals surface area contributed by atoms with Crippen LogP contribution in [0.15, 0.2) is 41.4 Å². The number of nitrogens with two attached hydrogens (primary N) is 1. The molecule has 1 unspecified atom stereocenters. The van der Waals surface area contributed by atoms with Gasteiger partial charge < -0.3 is 25.3 Å². The Morgan fingerprint density at radius 2 is 2.00 bits per heavy atom. The fraction of sp³-hybridized carbons (Fsp3) is 0.381. The molecule has 0 fully saturated rings. The van der Waals surface area contributed by atoms with Crippen molar-refractivity contribution in [2.45, 2.75) is 45.9 Å². The summed E-state index contributed by atoms with van der Waals surface area (Å²) in [6.45, 7) is 6.46. The number of halogens is 1. The molecule has 3 N–H and O–H groups in total. The van der Waals surface area contributed by atoms with Gasteiger partial charge in [-0.05, 0) is 57.2 Å². The van der Waals surface area contributed by atoms with Crippen LogP contribution in [0.25, 0.3) is 0 Å². The Morgan fingerprint density at radius 1 is 1.29 bits per heavy atom. The van der Waals surface area contributed by atoms with Gasteiger partial charge in [-0.15, -0.1) is 24.0 Å². The maximum atomic E-state index is 6.03. The van der Waals surface area contributed by atoms with Crippen molar-refractivity contribution in [3.63, 3.8) is 0 Å². The van der Waals surface area contributed by atoms with E-state index in [1.54, 1.807) is 7.11 Å². The van der Waals surface area contributed by atoms with Gasteiger partial charge in [0.15, 0.2) is 5.96 Å². The van der Waals surface area contributed by atoms with Crippen molar-refractivity contribution in [3.05, 3.63) is 47.5 Å². The maximum Gasteiger partial charge on any atom is 0.193 e. The summed E-state index contributed by atoms with van der Waals surface area (Å²) in [4.78, 5) is 4.43. The molecule has 28 heavy (non-hydrogen) atoms. The topological polar surface area (TPSA) is 78.1 Å². The van der Waals surface area contributed by atoms with Crippen LogP contribution in [-0.2, 0) is 13.0 Å². The van der Waals surface area contributed by atoms with E-state index in [2.05, 4.69) is 17.2 Å². The summed E-state index contributed by atoms with van der Waals surface area (Å²) in [6, 6.07) is 11.6. The third-order valence-corrected chi connectivity index (χ3v) is 4.22. The summed E-state index contributed by atoms with van der Waals surface area (Å²) in [6.07, 6.45) is 1.23. The molecule has 0 radical (unpaired) electrons. The van der Waals surface area contributed by atoms with E-state index in [0.717, 1.165) is 34.9 Å². The van der Waals surface area contributed by atoms with Gasteiger partial charge in [-0.2, -0.15) is 0 Å². The molecule has 0 saturated carbocycles. The van der Waals surface area contributed by atoms with Gasteiger partial charge in [-0.25, -0.2) is 4.99 Å². The van der Waals surface area contributed by atoms with Crippen LogP contribution in [0.4, 0.5) is 5.69 Å². The number of methoxy groups -OCH3 is 1. The summed E-state index contributed by atoms with van der Waals surface area (Å²) in [5.74, 6) is 2.87. The minimum Gasteiger partial charge on any atom is -0.496 e. The fourth-order valence-corrected chi connectivity index (χ4v) is 3.04. The molecule has 1 aliphatic rings. The number of rotatable bonds is 6. The molecule has 1 heterocycles. The zero-order valence-corrected chi connectivity index (χ0v) is 19.0. The van der Waals surface area contributed by atoms with Gasteiger partial charge in [-0.3, -0.25) is 0 Å². The van der Waals surface area contributed by atoms with E-state index in [9.17, 15) is 0 Å². The third kappa shape index (κ3) is 5.67. The lowest BCUT2D eigenvalue weighted by atomic mass is 10.1. The van der Waals surface area contributed by atoms with E-state index in [1.807, 2.05) is 50.2 Å². The predicted octanol–water partition coefficient (Wildman–Crippen LogP) is 4.35. The lowest BCUT2D eigenvalue weighted by Gasteiger charge is -2.12. The van der Waals surface area contributed by atoms with E-state index in [0.29, 0.717) is 12.5 Å². The van der Waals surface area contributed by atoms with Crippen LogP contribution in [0.3, 0.4) is 0 Å². The lowest BCUT2D eigenvalue weighted by molar-refractivity contribution is 0.242. The molecule has 152 valence electrons. The molecule has 1 atom stereocenters. The lowest BCUT2D eigenvalue weighted by Crippen LogP contribution is -2.22. The van der Waals surface area contributed by atoms with Gasteiger partial charge in [0.05, 0.1) is 19.8 Å². The van der Waals surface area contributed by atoms with E-state index >= 15 is 0 Å². The molecule has 0 saturated heterocycles. The highest BCUT2D eigenvalue weighted by Crippen LogP contribution is 2.35. The SMILES string of the molecule is COc1cc2c(cc1CN=C(N)Nc1ccc(OC(C)C)cc1)OC(C)C2.I. The molecule has 0 amide bonds. The van der Waals surface area contributed by atoms with Gasteiger partial charge in [0, 0.05) is 23.2 Å². The number of ether oxygens (including phenoxy) is 3. The van der Waals surface area contributed by atoms with Crippen molar-refractivity contribution in [1.82, 2.24) is 0 Å². The second kappa shape index (κ2) is 9.86. The molecule has 7 heteroatoms. The van der Waals surface area contributed by atoms with Gasteiger partial charge in [-0.1, -0.05) is 0 Å². The highest BCUT2D eigenvalue weighted by molar-refractivity contribution is 14.0. The predicted molar refractivity (Wildman–Crippen MR) is 123 cm³/mol. The number of hydrogen-bond acceptors (Lipinski definition) is 4. The summed E-state index contributed by atoms with van der Waals surface area (Å²) >= 11 is 0. The Balaban J connectivity index is 0.00000280. The second-order valence-corrected chi connectivity index (χ2v) is 6.92. The Bertz CT molecular complexity index is 822. The Morgan fingerprint density at radius 3 is 2.64 bits per heavy atom. The van der Waals surface area contributed by atoms with Crippen molar-refractivity contribution in [3.8, 4) is 17.2 Å². The van der Waals surface area contributed by atoms with Gasteiger partial charge in [0.25, 0.3) is 0 Å². The summed E-state index contributed by atoms with van der Waals surface area (Å²) < 4.78 is 17.0. The van der Waals surface area contributed by atoms with Gasteiger partial charge in [0.1, 0.15) is 23.4 Å². The maximum absolute atomic E-state index is 6.03. The number of hydrogen-bond donors (Lipinski definition) is 2. The molecule has 3 rings (SSSR count). The highest BCUT2D eigenvalue weighted by atomic mass is 127. The Kier molecular flexibility index (Phi) is 7.79. The van der Waals surface area contributed by atoms with Crippen molar-refractivity contribution < 1.29 is 14.2 Å². The van der Waals surface area contributed by atoms with Crippen molar-refractivity contribution in [2.24, 2.45) is 10.7 Å².